The van der Waals surface area contributed by atoms with Gasteiger partial charge in [-0.3, -0.25) is 4.79 Å². The number of nitrogens with two attached hydrogens (primary N) is 1. The molecule has 1 aromatic rings. The molecule has 1 aromatic carbocycles. The highest BCUT2D eigenvalue weighted by molar-refractivity contribution is 5.99. The molecule has 0 heterocycles. The third kappa shape index (κ3) is 3.30. The molecule has 0 spiro atoms. The van der Waals surface area contributed by atoms with Crippen LogP contribution in [0, 0.1) is 13.8 Å². The molecular formula is C14H21NO2. The summed E-state index contributed by atoms with van der Waals surface area (Å²) in [5.74, 6) is 0.793. The van der Waals surface area contributed by atoms with Gasteiger partial charge in [-0.05, 0) is 44.4 Å². The smallest absolute Gasteiger partial charge is 0.166 e. The van der Waals surface area contributed by atoms with Crippen molar-refractivity contribution in [3.8, 4) is 5.75 Å². The number of benzene rings is 1. The Hall–Kier alpha value is -1.35. The Morgan fingerprint density at radius 1 is 1.41 bits per heavy atom. The minimum Gasteiger partial charge on any atom is -0.496 e. The summed E-state index contributed by atoms with van der Waals surface area (Å²) in [7, 11) is 1.60. The van der Waals surface area contributed by atoms with Gasteiger partial charge >= 0.3 is 0 Å². The van der Waals surface area contributed by atoms with Gasteiger partial charge in [0.2, 0.25) is 0 Å². The molecule has 0 saturated carbocycles. The second-order valence-corrected chi connectivity index (χ2v) is 4.53. The van der Waals surface area contributed by atoms with Crippen molar-refractivity contribution in [1.29, 1.82) is 0 Å². The molecule has 17 heavy (non-hydrogen) atoms. The number of Topliss-reactive ketones (excluding diaryl/α,β-unsaturated/α-hetero) is 1. The van der Waals surface area contributed by atoms with Crippen molar-refractivity contribution in [2.45, 2.75) is 39.7 Å². The normalized spacial score (nSPS) is 12.3. The van der Waals surface area contributed by atoms with E-state index >= 15 is 0 Å². The number of ketones is 1. The molecule has 94 valence electrons. The first-order valence-corrected chi connectivity index (χ1v) is 5.90. The number of hydrogen-bond acceptors (Lipinski definition) is 3. The van der Waals surface area contributed by atoms with Crippen LogP contribution in [0.5, 0.6) is 5.75 Å². The maximum Gasteiger partial charge on any atom is 0.166 e. The van der Waals surface area contributed by atoms with Crippen molar-refractivity contribution < 1.29 is 9.53 Å². The fraction of sp³-hybridized carbons (Fsp3) is 0.500. The summed E-state index contributed by atoms with van der Waals surface area (Å²) in [6.45, 7) is 5.88. The summed E-state index contributed by atoms with van der Waals surface area (Å²) in [5, 5.41) is 0. The van der Waals surface area contributed by atoms with Crippen LogP contribution in [0.2, 0.25) is 0 Å². The maximum absolute atomic E-state index is 12.1. The zero-order valence-corrected chi connectivity index (χ0v) is 11.0. The van der Waals surface area contributed by atoms with E-state index in [0.717, 1.165) is 11.1 Å². The molecule has 0 bridgehead atoms. The summed E-state index contributed by atoms with van der Waals surface area (Å²) < 4.78 is 5.33. The van der Waals surface area contributed by atoms with Crippen molar-refractivity contribution in [3.63, 3.8) is 0 Å². The van der Waals surface area contributed by atoms with E-state index in [1.54, 1.807) is 7.11 Å². The van der Waals surface area contributed by atoms with E-state index in [4.69, 9.17) is 10.5 Å². The summed E-state index contributed by atoms with van der Waals surface area (Å²) in [4.78, 5) is 12.1. The topological polar surface area (TPSA) is 52.3 Å². The van der Waals surface area contributed by atoms with Crippen LogP contribution < -0.4 is 10.5 Å². The summed E-state index contributed by atoms with van der Waals surface area (Å²) in [6, 6.07) is 3.85. The van der Waals surface area contributed by atoms with Gasteiger partial charge in [-0.1, -0.05) is 6.07 Å². The van der Waals surface area contributed by atoms with Crippen LogP contribution >= 0.6 is 0 Å². The standard InChI is InChI=1S/C14H21NO2/c1-9-5-7-12(14(17-4)11(9)3)13(16)8-6-10(2)15/h5,7,10H,6,8,15H2,1-4H3. The van der Waals surface area contributed by atoms with Crippen molar-refractivity contribution in [2.75, 3.05) is 7.11 Å². The van der Waals surface area contributed by atoms with Crippen molar-refractivity contribution >= 4 is 5.78 Å². The molecule has 3 heteroatoms. The van der Waals surface area contributed by atoms with Gasteiger partial charge in [-0.15, -0.1) is 0 Å². The van der Waals surface area contributed by atoms with Gasteiger partial charge < -0.3 is 10.5 Å². The minimum absolute atomic E-state index is 0.0523. The minimum atomic E-state index is 0.0523. The lowest BCUT2D eigenvalue weighted by Gasteiger charge is -2.13. The Kier molecular flexibility index (Phi) is 4.70. The number of methoxy groups -OCH3 is 1. The van der Waals surface area contributed by atoms with Crippen LogP contribution in [-0.4, -0.2) is 18.9 Å². The van der Waals surface area contributed by atoms with Crippen LogP contribution in [-0.2, 0) is 0 Å². The zero-order chi connectivity index (χ0) is 13.0. The van der Waals surface area contributed by atoms with Gasteiger partial charge in [-0.2, -0.15) is 0 Å². The number of hydrogen-bond donors (Lipinski definition) is 1. The number of aryl methyl sites for hydroxylation is 1. The number of carbonyl (C=O) groups is 1. The lowest BCUT2D eigenvalue weighted by Crippen LogP contribution is -2.16. The molecule has 0 aliphatic carbocycles. The molecule has 0 aliphatic heterocycles. The molecule has 3 nitrogen and oxygen atoms in total. The van der Waals surface area contributed by atoms with Crippen molar-refractivity contribution in [1.82, 2.24) is 0 Å². The van der Waals surface area contributed by atoms with E-state index in [2.05, 4.69) is 0 Å². The first kappa shape index (κ1) is 13.7. The molecule has 0 saturated heterocycles. The number of carbonyl (C=O) groups excluding carboxylic acids is 1. The van der Waals surface area contributed by atoms with Crippen LogP contribution in [0.25, 0.3) is 0 Å². The van der Waals surface area contributed by atoms with Gasteiger partial charge in [0.25, 0.3) is 0 Å². The molecule has 0 aliphatic rings. The highest BCUT2D eigenvalue weighted by Gasteiger charge is 2.15. The van der Waals surface area contributed by atoms with Crippen LogP contribution in [0.3, 0.4) is 0 Å². The van der Waals surface area contributed by atoms with Gasteiger partial charge in [0.15, 0.2) is 5.78 Å². The van der Waals surface area contributed by atoms with E-state index < -0.39 is 0 Å². The number of rotatable bonds is 5. The first-order valence-electron chi connectivity index (χ1n) is 5.90. The van der Waals surface area contributed by atoms with Crippen LogP contribution in [0.1, 0.15) is 41.3 Å². The van der Waals surface area contributed by atoms with Crippen molar-refractivity contribution in [3.05, 3.63) is 28.8 Å². The van der Waals surface area contributed by atoms with Gasteiger partial charge in [-0.25, -0.2) is 0 Å². The average molecular weight is 235 g/mol. The van der Waals surface area contributed by atoms with E-state index in [1.165, 1.54) is 0 Å². The Morgan fingerprint density at radius 3 is 2.59 bits per heavy atom. The molecule has 1 unspecified atom stereocenters. The lowest BCUT2D eigenvalue weighted by atomic mass is 9.98. The third-order valence-corrected chi connectivity index (χ3v) is 3.01. The maximum atomic E-state index is 12.1. The van der Waals surface area contributed by atoms with Gasteiger partial charge in [0.05, 0.1) is 12.7 Å². The SMILES string of the molecule is COc1c(C(=O)CCC(C)N)ccc(C)c1C. The highest BCUT2D eigenvalue weighted by Crippen LogP contribution is 2.27. The molecule has 0 aromatic heterocycles. The van der Waals surface area contributed by atoms with E-state index in [0.29, 0.717) is 24.2 Å². The fourth-order valence-corrected chi connectivity index (χ4v) is 1.77. The lowest BCUT2D eigenvalue weighted by molar-refractivity contribution is 0.0975. The van der Waals surface area contributed by atoms with Gasteiger partial charge in [0, 0.05) is 12.5 Å². The molecule has 1 rings (SSSR count). The number of ether oxygens (including phenoxy) is 1. The van der Waals surface area contributed by atoms with E-state index in [1.807, 2.05) is 32.9 Å². The second kappa shape index (κ2) is 5.82. The fourth-order valence-electron chi connectivity index (χ4n) is 1.77. The molecule has 0 fully saturated rings. The summed E-state index contributed by atoms with van der Waals surface area (Å²) in [5.41, 5.74) is 8.48. The summed E-state index contributed by atoms with van der Waals surface area (Å²) in [6.07, 6.45) is 1.17. The Balaban J connectivity index is 2.97. The average Bonchev–Trinajstić information content (AvgIpc) is 2.29. The van der Waals surface area contributed by atoms with Gasteiger partial charge in [0.1, 0.15) is 5.75 Å². The molecule has 0 radical (unpaired) electrons. The van der Waals surface area contributed by atoms with Crippen LogP contribution in [0.4, 0.5) is 0 Å². The third-order valence-electron chi connectivity index (χ3n) is 3.01. The van der Waals surface area contributed by atoms with Crippen molar-refractivity contribution in [2.24, 2.45) is 5.73 Å². The molecule has 2 N–H and O–H groups in total. The predicted molar refractivity (Wildman–Crippen MR) is 69.7 cm³/mol. The monoisotopic (exact) mass is 235 g/mol. The molecular weight excluding hydrogens is 214 g/mol. The Labute approximate surface area is 103 Å². The Morgan fingerprint density at radius 2 is 2.06 bits per heavy atom. The largest absolute Gasteiger partial charge is 0.496 e. The molecule has 0 amide bonds. The highest BCUT2D eigenvalue weighted by atomic mass is 16.5. The molecule has 1 atom stereocenters. The first-order chi connectivity index (χ1) is 7.97. The zero-order valence-electron chi connectivity index (χ0n) is 11.0. The summed E-state index contributed by atoms with van der Waals surface area (Å²) >= 11 is 0. The van der Waals surface area contributed by atoms with E-state index in [9.17, 15) is 4.79 Å². The van der Waals surface area contributed by atoms with Crippen LogP contribution in [0.15, 0.2) is 12.1 Å². The second-order valence-electron chi connectivity index (χ2n) is 4.53. The quantitative estimate of drug-likeness (QED) is 0.798. The van der Waals surface area contributed by atoms with E-state index in [-0.39, 0.29) is 11.8 Å². The Bertz CT molecular complexity index is 411. The predicted octanol–water partition coefficient (Wildman–Crippen LogP) is 2.62.